The molecule has 1 aromatic heterocycles. The van der Waals surface area contributed by atoms with Crippen molar-refractivity contribution in [2.24, 2.45) is 4.99 Å². The molecule has 4 rings (SSSR count). The number of aliphatic imine (C=N–C) groups is 1. The summed E-state index contributed by atoms with van der Waals surface area (Å²) in [5.41, 5.74) is 3.69. The number of para-hydroxylation sites is 1. The first kappa shape index (κ1) is 19.4. The first-order chi connectivity index (χ1) is 14.2. The van der Waals surface area contributed by atoms with Gasteiger partial charge in [0.05, 0.1) is 12.2 Å². The van der Waals surface area contributed by atoms with E-state index in [2.05, 4.69) is 5.32 Å². The van der Waals surface area contributed by atoms with Crippen molar-refractivity contribution >= 4 is 34.1 Å². The van der Waals surface area contributed by atoms with Crippen LogP contribution in [-0.4, -0.2) is 18.7 Å². The fourth-order valence-electron chi connectivity index (χ4n) is 3.54. The van der Waals surface area contributed by atoms with E-state index >= 15 is 0 Å². The molecule has 0 unspecified atom stereocenters. The summed E-state index contributed by atoms with van der Waals surface area (Å²) in [5.74, 6) is 0.772. The van der Waals surface area contributed by atoms with Crippen LogP contribution >= 0.6 is 11.3 Å². The number of anilines is 1. The lowest BCUT2D eigenvalue weighted by Gasteiger charge is -2.12. The third-order valence-electron chi connectivity index (χ3n) is 4.93. The van der Waals surface area contributed by atoms with Gasteiger partial charge in [0.2, 0.25) is 0 Å². The van der Waals surface area contributed by atoms with Crippen molar-refractivity contribution in [1.82, 2.24) is 0 Å². The number of nitrogens with one attached hydrogen (secondary N) is 1. The van der Waals surface area contributed by atoms with E-state index in [0.717, 1.165) is 46.8 Å². The first-order valence-electron chi connectivity index (χ1n) is 10.0. The Bertz CT molecular complexity index is 1010. The SMILES string of the molecule is CCOc1ccc(C=Nc2sc3c(c2C(=O)Nc2ccccc2)CCCC3)cc1. The average molecular weight is 405 g/mol. The third kappa shape index (κ3) is 4.57. The summed E-state index contributed by atoms with van der Waals surface area (Å²) in [6.07, 6.45) is 6.10. The molecule has 1 aliphatic rings. The molecule has 1 heterocycles. The third-order valence-corrected chi connectivity index (χ3v) is 6.13. The van der Waals surface area contributed by atoms with Crippen LogP contribution in [0.2, 0.25) is 0 Å². The van der Waals surface area contributed by atoms with Crippen LogP contribution in [0.25, 0.3) is 0 Å². The van der Waals surface area contributed by atoms with Crippen LogP contribution in [-0.2, 0) is 12.8 Å². The Kier molecular flexibility index (Phi) is 6.06. The van der Waals surface area contributed by atoms with E-state index in [0.29, 0.717) is 6.61 Å². The Labute approximate surface area is 175 Å². The number of amides is 1. The molecule has 1 N–H and O–H groups in total. The number of hydrogen-bond acceptors (Lipinski definition) is 4. The van der Waals surface area contributed by atoms with Gasteiger partial charge in [-0.25, -0.2) is 4.99 Å². The largest absolute Gasteiger partial charge is 0.494 e. The molecule has 4 nitrogen and oxygen atoms in total. The van der Waals surface area contributed by atoms with Gasteiger partial charge in [-0.05, 0) is 80.1 Å². The maximum Gasteiger partial charge on any atom is 0.259 e. The van der Waals surface area contributed by atoms with Gasteiger partial charge in [0, 0.05) is 16.8 Å². The Morgan fingerprint density at radius 3 is 2.62 bits per heavy atom. The van der Waals surface area contributed by atoms with E-state index in [1.165, 1.54) is 16.9 Å². The number of thiophene rings is 1. The number of benzene rings is 2. The maximum atomic E-state index is 13.1. The second kappa shape index (κ2) is 9.05. The number of carbonyl (C=O) groups excluding carboxylic acids is 1. The van der Waals surface area contributed by atoms with Gasteiger partial charge in [-0.3, -0.25) is 4.79 Å². The van der Waals surface area contributed by atoms with Crippen LogP contribution < -0.4 is 10.1 Å². The fraction of sp³-hybridized carbons (Fsp3) is 0.250. The molecule has 0 radical (unpaired) electrons. The molecule has 1 aliphatic carbocycles. The Balaban J connectivity index is 1.62. The minimum atomic E-state index is -0.0746. The highest BCUT2D eigenvalue weighted by molar-refractivity contribution is 7.16. The van der Waals surface area contributed by atoms with E-state index in [1.807, 2.05) is 67.7 Å². The van der Waals surface area contributed by atoms with Gasteiger partial charge in [0.15, 0.2) is 0 Å². The lowest BCUT2D eigenvalue weighted by molar-refractivity contribution is 0.102. The molecular weight excluding hydrogens is 380 g/mol. The number of rotatable bonds is 6. The van der Waals surface area contributed by atoms with E-state index in [1.54, 1.807) is 11.3 Å². The highest BCUT2D eigenvalue weighted by Crippen LogP contribution is 2.40. The number of hydrogen-bond donors (Lipinski definition) is 1. The van der Waals surface area contributed by atoms with Crippen LogP contribution in [0.5, 0.6) is 5.75 Å². The van der Waals surface area contributed by atoms with E-state index < -0.39 is 0 Å². The molecule has 3 aromatic rings. The fourth-order valence-corrected chi connectivity index (χ4v) is 4.77. The van der Waals surface area contributed by atoms with Crippen LogP contribution in [0.3, 0.4) is 0 Å². The van der Waals surface area contributed by atoms with Crippen LogP contribution in [0.15, 0.2) is 59.6 Å². The minimum Gasteiger partial charge on any atom is -0.494 e. The molecule has 29 heavy (non-hydrogen) atoms. The highest BCUT2D eigenvalue weighted by atomic mass is 32.1. The minimum absolute atomic E-state index is 0.0746. The lowest BCUT2D eigenvalue weighted by Crippen LogP contribution is -2.14. The summed E-state index contributed by atoms with van der Waals surface area (Å²) < 4.78 is 5.49. The monoisotopic (exact) mass is 404 g/mol. The lowest BCUT2D eigenvalue weighted by atomic mass is 9.95. The number of aryl methyl sites for hydroxylation is 1. The van der Waals surface area contributed by atoms with Crippen molar-refractivity contribution in [2.45, 2.75) is 32.6 Å². The zero-order valence-electron chi connectivity index (χ0n) is 16.5. The molecule has 0 saturated carbocycles. The second-order valence-electron chi connectivity index (χ2n) is 6.97. The number of nitrogens with zero attached hydrogens (tertiary/aromatic N) is 1. The Morgan fingerprint density at radius 1 is 1.10 bits per heavy atom. The van der Waals surface area contributed by atoms with Crippen molar-refractivity contribution in [3.8, 4) is 5.75 Å². The average Bonchev–Trinajstić information content (AvgIpc) is 3.13. The summed E-state index contributed by atoms with van der Waals surface area (Å²) in [6, 6.07) is 17.4. The molecule has 1 amide bonds. The van der Waals surface area contributed by atoms with Crippen molar-refractivity contribution in [2.75, 3.05) is 11.9 Å². The van der Waals surface area contributed by atoms with E-state index in [-0.39, 0.29) is 5.91 Å². The molecule has 0 bridgehead atoms. The molecule has 0 aliphatic heterocycles. The number of fused-ring (bicyclic) bond motifs is 1. The normalized spacial score (nSPS) is 13.3. The molecule has 0 atom stereocenters. The summed E-state index contributed by atoms with van der Waals surface area (Å²) in [6.45, 7) is 2.62. The summed E-state index contributed by atoms with van der Waals surface area (Å²) in [5, 5.41) is 3.82. The van der Waals surface area contributed by atoms with E-state index in [4.69, 9.17) is 9.73 Å². The summed E-state index contributed by atoms with van der Waals surface area (Å²) in [4.78, 5) is 19.1. The smallest absolute Gasteiger partial charge is 0.259 e. The predicted molar refractivity (Wildman–Crippen MR) is 120 cm³/mol. The van der Waals surface area contributed by atoms with Crippen LogP contribution in [0.1, 0.15) is 46.1 Å². The maximum absolute atomic E-state index is 13.1. The number of carbonyl (C=O) groups is 1. The molecule has 2 aromatic carbocycles. The standard InChI is InChI=1S/C24H24N2O2S/c1-2-28-19-14-12-17(13-15-19)16-25-24-22(20-10-6-7-11-21(20)29-24)23(27)26-18-8-4-3-5-9-18/h3-5,8-9,12-16H,2,6-7,10-11H2,1H3,(H,26,27). The molecular formula is C24H24N2O2S. The van der Waals surface area contributed by atoms with Gasteiger partial charge in [-0.1, -0.05) is 18.2 Å². The van der Waals surface area contributed by atoms with Gasteiger partial charge in [0.25, 0.3) is 5.91 Å². The zero-order chi connectivity index (χ0) is 20.1. The van der Waals surface area contributed by atoms with E-state index in [9.17, 15) is 4.79 Å². The van der Waals surface area contributed by atoms with Crippen LogP contribution in [0.4, 0.5) is 10.7 Å². The molecule has 0 spiro atoms. The van der Waals surface area contributed by atoms with Gasteiger partial charge >= 0.3 is 0 Å². The van der Waals surface area contributed by atoms with Gasteiger partial charge in [0.1, 0.15) is 10.8 Å². The van der Waals surface area contributed by atoms with Crippen molar-refractivity contribution in [3.63, 3.8) is 0 Å². The quantitative estimate of drug-likeness (QED) is 0.510. The summed E-state index contributed by atoms with van der Waals surface area (Å²) >= 11 is 1.65. The first-order valence-corrected chi connectivity index (χ1v) is 10.8. The van der Waals surface area contributed by atoms with Gasteiger partial charge in [-0.15, -0.1) is 11.3 Å². The zero-order valence-corrected chi connectivity index (χ0v) is 17.3. The Morgan fingerprint density at radius 2 is 1.86 bits per heavy atom. The second-order valence-corrected chi connectivity index (χ2v) is 8.06. The molecule has 0 fully saturated rings. The molecule has 5 heteroatoms. The topological polar surface area (TPSA) is 50.7 Å². The molecule has 0 saturated heterocycles. The predicted octanol–water partition coefficient (Wildman–Crippen LogP) is 6.03. The summed E-state index contributed by atoms with van der Waals surface area (Å²) in [7, 11) is 0. The van der Waals surface area contributed by atoms with Crippen LogP contribution in [0, 0.1) is 0 Å². The van der Waals surface area contributed by atoms with Gasteiger partial charge in [-0.2, -0.15) is 0 Å². The van der Waals surface area contributed by atoms with Crippen molar-refractivity contribution in [1.29, 1.82) is 0 Å². The molecule has 148 valence electrons. The van der Waals surface area contributed by atoms with Crippen molar-refractivity contribution in [3.05, 3.63) is 76.2 Å². The highest BCUT2D eigenvalue weighted by Gasteiger charge is 2.25. The number of ether oxygens (including phenoxy) is 1. The Hall–Kier alpha value is -2.92. The van der Waals surface area contributed by atoms with Crippen molar-refractivity contribution < 1.29 is 9.53 Å². The van der Waals surface area contributed by atoms with Gasteiger partial charge < -0.3 is 10.1 Å².